The van der Waals surface area contributed by atoms with Gasteiger partial charge < -0.3 is 4.74 Å². The third kappa shape index (κ3) is 4.05. The number of allylic oxidation sites excluding steroid dienone is 13. The summed E-state index contributed by atoms with van der Waals surface area (Å²) in [5, 5.41) is 0. The zero-order valence-electron chi connectivity index (χ0n) is 24.7. The predicted molar refractivity (Wildman–Crippen MR) is 165 cm³/mol. The fourth-order valence-corrected chi connectivity index (χ4v) is 11.0. The van der Waals surface area contributed by atoms with Crippen molar-refractivity contribution < 1.29 is 4.74 Å². The van der Waals surface area contributed by atoms with Gasteiger partial charge in [-0.3, -0.25) is 0 Å². The summed E-state index contributed by atoms with van der Waals surface area (Å²) in [5.74, 6) is 5.76. The Balaban J connectivity index is 0.991. The van der Waals surface area contributed by atoms with Gasteiger partial charge in [-0.25, -0.2) is 0 Å². The van der Waals surface area contributed by atoms with Crippen molar-refractivity contribution in [2.75, 3.05) is 6.61 Å². The summed E-state index contributed by atoms with van der Waals surface area (Å²) in [5.41, 5.74) is 7.47. The van der Waals surface area contributed by atoms with Crippen molar-refractivity contribution in [2.24, 2.45) is 52.3 Å². The molecule has 8 aliphatic carbocycles. The maximum Gasteiger partial charge on any atom is 0.0720 e. The molecule has 0 aromatic heterocycles. The first-order valence-corrected chi connectivity index (χ1v) is 16.6. The Labute approximate surface area is 242 Å². The number of hydrogen-bond acceptors (Lipinski definition) is 1. The number of rotatable bonds is 4. The molecule has 0 heterocycles. The van der Waals surface area contributed by atoms with Gasteiger partial charge in [-0.1, -0.05) is 103 Å². The van der Waals surface area contributed by atoms with Crippen LogP contribution >= 0.6 is 0 Å². The quantitative estimate of drug-likeness (QED) is 0.328. The van der Waals surface area contributed by atoms with Crippen LogP contribution in [0.25, 0.3) is 0 Å². The van der Waals surface area contributed by atoms with E-state index in [-0.39, 0.29) is 0 Å². The fourth-order valence-electron chi connectivity index (χ4n) is 11.0. The van der Waals surface area contributed by atoms with Gasteiger partial charge in [0, 0.05) is 5.92 Å². The highest BCUT2D eigenvalue weighted by molar-refractivity contribution is 5.40. The molecular formula is C39H48O. The van der Waals surface area contributed by atoms with Crippen LogP contribution in [0.15, 0.2) is 95.2 Å². The average molecular weight is 533 g/mol. The van der Waals surface area contributed by atoms with Gasteiger partial charge in [0.15, 0.2) is 0 Å². The molecule has 0 aliphatic heterocycles. The molecule has 10 unspecified atom stereocenters. The lowest BCUT2D eigenvalue weighted by molar-refractivity contribution is -0.0418. The summed E-state index contributed by atoms with van der Waals surface area (Å²) in [6, 6.07) is 0. The molecule has 40 heavy (non-hydrogen) atoms. The van der Waals surface area contributed by atoms with Gasteiger partial charge in [-0.2, -0.15) is 0 Å². The van der Waals surface area contributed by atoms with E-state index in [4.69, 9.17) is 4.74 Å². The standard InChI is InChI=1S/C39H48O/c1-38-20-18-29(40-25-26-10-6-3-4-7-11-26)24-28(38)14-15-32-35-16-17-36(39(35,2)21-19-37(32)38)34-23-27-22-33(27)30-12-8-5-9-13-31(30)34/h3,5-14,17,27,29,31-35,37H,4,15-16,18-25H2,1-2H3. The Bertz CT molecular complexity index is 1300. The van der Waals surface area contributed by atoms with E-state index < -0.39 is 0 Å². The molecule has 8 rings (SSSR count). The molecule has 10 atom stereocenters. The van der Waals surface area contributed by atoms with Crippen molar-refractivity contribution in [3.63, 3.8) is 0 Å². The number of fused-ring (bicyclic) bond motifs is 8. The minimum Gasteiger partial charge on any atom is -0.373 e. The highest BCUT2D eigenvalue weighted by Crippen LogP contribution is 2.68. The molecule has 1 heteroatoms. The smallest absolute Gasteiger partial charge is 0.0720 e. The SMILES string of the molecule is CC12CCC(OCC3=CC=CCC=C3)CC1=CCC1C2CCC2(C)C(C3CC4CC4C4=CC=CC=CC43)=CCC12. The molecule has 0 aromatic rings. The van der Waals surface area contributed by atoms with E-state index in [2.05, 4.69) is 86.8 Å². The lowest BCUT2D eigenvalue weighted by Gasteiger charge is -2.58. The summed E-state index contributed by atoms with van der Waals surface area (Å²) < 4.78 is 6.52. The largest absolute Gasteiger partial charge is 0.373 e. The molecule has 0 N–H and O–H groups in total. The molecule has 210 valence electrons. The summed E-state index contributed by atoms with van der Waals surface area (Å²) in [4.78, 5) is 0. The minimum absolute atomic E-state index is 0.382. The zero-order chi connectivity index (χ0) is 26.9. The van der Waals surface area contributed by atoms with Crippen LogP contribution in [0.4, 0.5) is 0 Å². The van der Waals surface area contributed by atoms with Crippen molar-refractivity contribution in [2.45, 2.75) is 84.2 Å². The Morgan fingerprint density at radius 1 is 0.850 bits per heavy atom. The normalized spacial score (nSPS) is 46.4. The van der Waals surface area contributed by atoms with Gasteiger partial charge in [0.25, 0.3) is 0 Å². The first kappa shape index (κ1) is 25.6. The van der Waals surface area contributed by atoms with E-state index in [9.17, 15) is 0 Å². The van der Waals surface area contributed by atoms with Crippen molar-refractivity contribution in [1.82, 2.24) is 0 Å². The molecule has 0 bridgehead atoms. The molecule has 4 fully saturated rings. The van der Waals surface area contributed by atoms with Gasteiger partial charge in [0.05, 0.1) is 12.7 Å². The highest BCUT2D eigenvalue weighted by atomic mass is 16.5. The first-order valence-electron chi connectivity index (χ1n) is 16.6. The Kier molecular flexibility index (Phi) is 6.22. The average Bonchev–Trinajstić information content (AvgIpc) is 3.74. The van der Waals surface area contributed by atoms with Crippen LogP contribution in [0.3, 0.4) is 0 Å². The third-order valence-electron chi connectivity index (χ3n) is 13.2. The van der Waals surface area contributed by atoms with E-state index in [1.807, 2.05) is 5.57 Å². The van der Waals surface area contributed by atoms with Gasteiger partial charge in [-0.05, 0) is 116 Å². The maximum absolute atomic E-state index is 6.52. The van der Waals surface area contributed by atoms with Crippen LogP contribution in [0.2, 0.25) is 0 Å². The van der Waals surface area contributed by atoms with Gasteiger partial charge in [-0.15, -0.1) is 0 Å². The highest BCUT2D eigenvalue weighted by Gasteiger charge is 2.59. The lowest BCUT2D eigenvalue weighted by atomic mass is 9.46. The van der Waals surface area contributed by atoms with E-state index in [1.54, 1.807) is 11.1 Å². The predicted octanol–water partition coefficient (Wildman–Crippen LogP) is 9.64. The Morgan fingerprint density at radius 3 is 2.70 bits per heavy atom. The van der Waals surface area contributed by atoms with Crippen LogP contribution < -0.4 is 0 Å². The van der Waals surface area contributed by atoms with E-state index >= 15 is 0 Å². The molecule has 0 spiro atoms. The summed E-state index contributed by atoms with van der Waals surface area (Å²) in [6.45, 7) is 6.10. The lowest BCUT2D eigenvalue weighted by Crippen LogP contribution is -2.50. The zero-order valence-corrected chi connectivity index (χ0v) is 24.7. The van der Waals surface area contributed by atoms with E-state index in [0.29, 0.717) is 22.9 Å². The molecule has 0 saturated heterocycles. The van der Waals surface area contributed by atoms with Crippen LogP contribution in [0.1, 0.15) is 78.1 Å². The molecule has 4 saturated carbocycles. The molecule has 8 aliphatic rings. The van der Waals surface area contributed by atoms with Crippen LogP contribution in [-0.4, -0.2) is 12.7 Å². The van der Waals surface area contributed by atoms with Crippen LogP contribution in [-0.2, 0) is 4.74 Å². The van der Waals surface area contributed by atoms with Crippen molar-refractivity contribution in [1.29, 1.82) is 0 Å². The second-order valence-corrected chi connectivity index (χ2v) is 15.0. The molecular weight excluding hydrogens is 484 g/mol. The van der Waals surface area contributed by atoms with Crippen molar-refractivity contribution >= 4 is 0 Å². The molecule has 0 radical (unpaired) electrons. The fraction of sp³-hybridized carbons (Fsp3) is 0.590. The topological polar surface area (TPSA) is 9.23 Å². The van der Waals surface area contributed by atoms with Gasteiger partial charge in [0.2, 0.25) is 0 Å². The molecule has 0 amide bonds. The van der Waals surface area contributed by atoms with Crippen LogP contribution in [0, 0.1) is 52.3 Å². The Morgan fingerprint density at radius 2 is 1.75 bits per heavy atom. The van der Waals surface area contributed by atoms with Crippen molar-refractivity contribution in [3.05, 3.63) is 95.2 Å². The van der Waals surface area contributed by atoms with E-state index in [0.717, 1.165) is 55.0 Å². The second-order valence-electron chi connectivity index (χ2n) is 15.0. The van der Waals surface area contributed by atoms with E-state index in [1.165, 1.54) is 56.9 Å². The molecule has 0 aromatic carbocycles. The second kappa shape index (κ2) is 9.72. The van der Waals surface area contributed by atoms with Gasteiger partial charge >= 0.3 is 0 Å². The monoisotopic (exact) mass is 532 g/mol. The number of hydrogen-bond donors (Lipinski definition) is 0. The summed E-state index contributed by atoms with van der Waals surface area (Å²) in [6.07, 6.45) is 42.0. The first-order chi connectivity index (χ1) is 19.5. The van der Waals surface area contributed by atoms with Crippen molar-refractivity contribution in [3.8, 4) is 0 Å². The minimum atomic E-state index is 0.382. The van der Waals surface area contributed by atoms with Gasteiger partial charge in [0.1, 0.15) is 0 Å². The van der Waals surface area contributed by atoms with Crippen LogP contribution in [0.5, 0.6) is 0 Å². The third-order valence-corrected chi connectivity index (χ3v) is 13.2. The summed E-state index contributed by atoms with van der Waals surface area (Å²) >= 11 is 0. The number of ether oxygens (including phenoxy) is 1. The summed E-state index contributed by atoms with van der Waals surface area (Å²) in [7, 11) is 0. The maximum atomic E-state index is 6.52. The molecule has 1 nitrogen and oxygen atoms in total. The Hall–Kier alpha value is -2.12.